The Kier molecular flexibility index (Phi) is 4.00. The molecule has 2 atom stereocenters. The number of amides is 1. The first-order valence-corrected chi connectivity index (χ1v) is 5.18. The number of allylic oxidation sites excluding steroid dienone is 1. The molecular formula is C11H19NO. The molecule has 0 aromatic carbocycles. The third-order valence-corrected chi connectivity index (χ3v) is 2.54. The lowest BCUT2D eigenvalue weighted by Gasteiger charge is -2.15. The Morgan fingerprint density at radius 1 is 1.54 bits per heavy atom. The Balaban J connectivity index is 2.35. The molecule has 0 aromatic heterocycles. The highest BCUT2D eigenvalue weighted by Gasteiger charge is 2.13. The maximum absolute atomic E-state index is 11.1. The van der Waals surface area contributed by atoms with Gasteiger partial charge in [-0.3, -0.25) is 4.79 Å². The molecule has 2 nitrogen and oxygen atoms in total. The Hall–Kier alpha value is -0.790. The molecule has 2 heteroatoms. The van der Waals surface area contributed by atoms with Crippen LogP contribution in [0.1, 0.15) is 39.5 Å². The molecule has 1 rings (SSSR count). The number of carbonyl (C=O) groups excluding carboxylic acids is 1. The molecule has 0 aliphatic heterocycles. The fourth-order valence-electron chi connectivity index (χ4n) is 1.61. The first-order chi connectivity index (χ1) is 6.22. The van der Waals surface area contributed by atoms with E-state index < -0.39 is 0 Å². The Morgan fingerprint density at radius 3 is 3.00 bits per heavy atom. The molecule has 1 aliphatic rings. The summed E-state index contributed by atoms with van der Waals surface area (Å²) in [6.07, 6.45) is 8.33. The molecule has 0 fully saturated rings. The normalized spacial score (nSPS) is 28.2. The molecule has 2 unspecified atom stereocenters. The van der Waals surface area contributed by atoms with Crippen molar-refractivity contribution < 1.29 is 4.79 Å². The van der Waals surface area contributed by atoms with Crippen LogP contribution in [0.3, 0.4) is 0 Å². The van der Waals surface area contributed by atoms with Gasteiger partial charge in [0.25, 0.3) is 0 Å². The fraction of sp³-hybridized carbons (Fsp3) is 0.727. The molecule has 1 aliphatic carbocycles. The first kappa shape index (κ1) is 10.3. The van der Waals surface area contributed by atoms with Crippen LogP contribution in [-0.2, 0) is 4.79 Å². The summed E-state index contributed by atoms with van der Waals surface area (Å²) in [6.45, 7) is 4.12. The third-order valence-electron chi connectivity index (χ3n) is 2.54. The van der Waals surface area contributed by atoms with Crippen molar-refractivity contribution in [3.63, 3.8) is 0 Å². The van der Waals surface area contributed by atoms with E-state index in [0.29, 0.717) is 18.4 Å². The van der Waals surface area contributed by atoms with Gasteiger partial charge in [-0.05, 0) is 25.2 Å². The van der Waals surface area contributed by atoms with Gasteiger partial charge in [0.1, 0.15) is 0 Å². The van der Waals surface area contributed by atoms with E-state index in [4.69, 9.17) is 0 Å². The standard InChI is InChI=1S/C11H19NO/c1-3-11(13)12-10-6-4-5-9(2)7-8-10/h4-5,9-10H,3,6-8H2,1-2H3,(H,12,13). The quantitative estimate of drug-likeness (QED) is 0.650. The molecule has 0 radical (unpaired) electrons. The van der Waals surface area contributed by atoms with E-state index >= 15 is 0 Å². The molecule has 0 bridgehead atoms. The van der Waals surface area contributed by atoms with Crippen molar-refractivity contribution in [1.29, 1.82) is 0 Å². The number of hydrogen-bond acceptors (Lipinski definition) is 1. The summed E-state index contributed by atoms with van der Waals surface area (Å²) in [5, 5.41) is 3.04. The maximum Gasteiger partial charge on any atom is 0.219 e. The van der Waals surface area contributed by atoms with Crippen molar-refractivity contribution in [2.45, 2.75) is 45.6 Å². The molecule has 0 saturated heterocycles. The lowest BCUT2D eigenvalue weighted by Crippen LogP contribution is -2.33. The van der Waals surface area contributed by atoms with Gasteiger partial charge < -0.3 is 5.32 Å². The van der Waals surface area contributed by atoms with Gasteiger partial charge in [-0.15, -0.1) is 0 Å². The van der Waals surface area contributed by atoms with Crippen LogP contribution in [0.15, 0.2) is 12.2 Å². The predicted octanol–water partition coefficient (Wildman–Crippen LogP) is 2.26. The summed E-state index contributed by atoms with van der Waals surface area (Å²) in [4.78, 5) is 11.1. The molecule has 0 spiro atoms. The van der Waals surface area contributed by atoms with E-state index in [2.05, 4.69) is 24.4 Å². The van der Waals surface area contributed by atoms with E-state index in [1.54, 1.807) is 0 Å². The molecule has 13 heavy (non-hydrogen) atoms. The van der Waals surface area contributed by atoms with Gasteiger partial charge in [0.15, 0.2) is 0 Å². The topological polar surface area (TPSA) is 29.1 Å². The summed E-state index contributed by atoms with van der Waals surface area (Å²) in [5.74, 6) is 0.844. The van der Waals surface area contributed by atoms with Crippen LogP contribution >= 0.6 is 0 Å². The number of nitrogens with one attached hydrogen (secondary N) is 1. The van der Waals surface area contributed by atoms with E-state index in [1.165, 1.54) is 6.42 Å². The molecular weight excluding hydrogens is 162 g/mol. The molecule has 0 saturated carbocycles. The molecule has 1 amide bonds. The minimum atomic E-state index is 0.174. The lowest BCUT2D eigenvalue weighted by molar-refractivity contribution is -0.121. The zero-order valence-corrected chi connectivity index (χ0v) is 8.55. The van der Waals surface area contributed by atoms with Gasteiger partial charge in [-0.1, -0.05) is 26.0 Å². The Morgan fingerprint density at radius 2 is 2.31 bits per heavy atom. The predicted molar refractivity (Wildman–Crippen MR) is 54.4 cm³/mol. The van der Waals surface area contributed by atoms with Gasteiger partial charge in [-0.2, -0.15) is 0 Å². The van der Waals surface area contributed by atoms with Crippen molar-refractivity contribution in [2.75, 3.05) is 0 Å². The number of rotatable bonds is 2. The number of hydrogen-bond donors (Lipinski definition) is 1. The smallest absolute Gasteiger partial charge is 0.219 e. The monoisotopic (exact) mass is 181 g/mol. The average Bonchev–Trinajstić information content (AvgIpc) is 2.31. The average molecular weight is 181 g/mol. The highest BCUT2D eigenvalue weighted by Crippen LogP contribution is 2.16. The van der Waals surface area contributed by atoms with Crippen molar-refractivity contribution >= 4 is 5.91 Å². The molecule has 0 aromatic rings. The Bertz CT molecular complexity index is 198. The highest BCUT2D eigenvalue weighted by atomic mass is 16.1. The van der Waals surface area contributed by atoms with E-state index in [-0.39, 0.29) is 5.91 Å². The second-order valence-corrected chi connectivity index (χ2v) is 3.84. The van der Waals surface area contributed by atoms with Gasteiger partial charge in [0.05, 0.1) is 0 Å². The zero-order valence-electron chi connectivity index (χ0n) is 8.55. The lowest BCUT2D eigenvalue weighted by atomic mass is 10.0. The maximum atomic E-state index is 11.1. The van der Waals surface area contributed by atoms with Crippen LogP contribution in [0.25, 0.3) is 0 Å². The number of carbonyl (C=O) groups is 1. The second kappa shape index (κ2) is 5.05. The molecule has 74 valence electrons. The zero-order chi connectivity index (χ0) is 9.68. The second-order valence-electron chi connectivity index (χ2n) is 3.84. The van der Waals surface area contributed by atoms with Crippen LogP contribution in [0, 0.1) is 5.92 Å². The third kappa shape index (κ3) is 3.62. The van der Waals surface area contributed by atoms with Gasteiger partial charge >= 0.3 is 0 Å². The summed E-state index contributed by atoms with van der Waals surface area (Å²) >= 11 is 0. The molecule has 0 heterocycles. The van der Waals surface area contributed by atoms with Gasteiger partial charge in [-0.25, -0.2) is 0 Å². The highest BCUT2D eigenvalue weighted by molar-refractivity contribution is 5.75. The summed E-state index contributed by atoms with van der Waals surface area (Å²) in [7, 11) is 0. The summed E-state index contributed by atoms with van der Waals surface area (Å²) in [5.41, 5.74) is 0. The minimum absolute atomic E-state index is 0.174. The van der Waals surface area contributed by atoms with Crippen molar-refractivity contribution in [3.05, 3.63) is 12.2 Å². The minimum Gasteiger partial charge on any atom is -0.353 e. The van der Waals surface area contributed by atoms with E-state index in [0.717, 1.165) is 12.8 Å². The van der Waals surface area contributed by atoms with Crippen LogP contribution < -0.4 is 5.32 Å². The van der Waals surface area contributed by atoms with Crippen LogP contribution in [0.2, 0.25) is 0 Å². The fourth-order valence-corrected chi connectivity index (χ4v) is 1.61. The first-order valence-electron chi connectivity index (χ1n) is 5.18. The van der Waals surface area contributed by atoms with Gasteiger partial charge in [0.2, 0.25) is 5.91 Å². The van der Waals surface area contributed by atoms with Crippen molar-refractivity contribution in [1.82, 2.24) is 5.32 Å². The largest absolute Gasteiger partial charge is 0.353 e. The van der Waals surface area contributed by atoms with Crippen LogP contribution in [-0.4, -0.2) is 11.9 Å². The Labute approximate surface area is 80.4 Å². The van der Waals surface area contributed by atoms with E-state index in [1.807, 2.05) is 6.92 Å². The van der Waals surface area contributed by atoms with E-state index in [9.17, 15) is 4.79 Å². The van der Waals surface area contributed by atoms with Crippen LogP contribution in [0.5, 0.6) is 0 Å². The van der Waals surface area contributed by atoms with Gasteiger partial charge in [0, 0.05) is 12.5 Å². The van der Waals surface area contributed by atoms with Crippen molar-refractivity contribution in [3.8, 4) is 0 Å². The van der Waals surface area contributed by atoms with Crippen LogP contribution in [0.4, 0.5) is 0 Å². The van der Waals surface area contributed by atoms with Crippen molar-refractivity contribution in [2.24, 2.45) is 5.92 Å². The SMILES string of the molecule is CCC(=O)NC1CC=CC(C)CC1. The molecule has 1 N–H and O–H groups in total. The summed E-state index contributed by atoms with van der Waals surface area (Å²) < 4.78 is 0. The summed E-state index contributed by atoms with van der Waals surface area (Å²) in [6, 6.07) is 0.369.